The fourth-order valence-corrected chi connectivity index (χ4v) is 4.13. The molecule has 4 nitrogen and oxygen atoms in total. The Balaban J connectivity index is 1.61. The lowest BCUT2D eigenvalue weighted by Gasteiger charge is -2.26. The van der Waals surface area contributed by atoms with Crippen LogP contribution in [-0.2, 0) is 14.0 Å². The summed E-state index contributed by atoms with van der Waals surface area (Å²) in [7, 11) is -1.70. The number of rotatable bonds is 7. The molecular formula is C20H29NO3Si. The molecule has 0 radical (unpaired) electrons. The predicted molar refractivity (Wildman–Crippen MR) is 103 cm³/mol. The number of allylic oxidation sites excluding steroid dienone is 2. The minimum atomic E-state index is -1.70. The maximum atomic E-state index is 6.44. The van der Waals surface area contributed by atoms with E-state index in [4.69, 9.17) is 14.0 Å². The molecule has 2 heterocycles. The first-order valence-electron chi connectivity index (χ1n) is 9.28. The van der Waals surface area contributed by atoms with Crippen molar-refractivity contribution in [2.24, 2.45) is 5.16 Å². The minimum absolute atomic E-state index is 0.0944. The maximum absolute atomic E-state index is 6.44. The summed E-state index contributed by atoms with van der Waals surface area (Å²) in [6.45, 7) is 7.48. The molecular weight excluding hydrogens is 330 g/mol. The molecule has 0 N–H and O–H groups in total. The fraction of sp³-hybridized carbons (Fsp3) is 0.550. The summed E-state index contributed by atoms with van der Waals surface area (Å²) in [5, 5.41) is 4.40. The van der Waals surface area contributed by atoms with Crippen LogP contribution in [0.2, 0.25) is 19.6 Å². The molecule has 136 valence electrons. The molecule has 0 spiro atoms. The average molecular weight is 360 g/mol. The van der Waals surface area contributed by atoms with E-state index in [0.29, 0.717) is 0 Å². The highest BCUT2D eigenvalue weighted by Crippen LogP contribution is 2.31. The molecule has 3 rings (SSSR count). The van der Waals surface area contributed by atoms with Crippen molar-refractivity contribution >= 4 is 14.0 Å². The Morgan fingerprint density at radius 3 is 2.72 bits per heavy atom. The second-order valence-corrected chi connectivity index (χ2v) is 12.2. The molecule has 0 amide bonds. The maximum Gasteiger partial charge on any atom is 0.185 e. The first kappa shape index (κ1) is 18.2. The molecule has 0 saturated carbocycles. The fourth-order valence-electron chi connectivity index (χ4n) is 3.16. The van der Waals surface area contributed by atoms with Gasteiger partial charge in [-0.15, -0.1) is 0 Å². The molecule has 25 heavy (non-hydrogen) atoms. The largest absolute Gasteiger partial charge is 0.498 e. The van der Waals surface area contributed by atoms with Crippen LogP contribution in [0.5, 0.6) is 0 Å². The van der Waals surface area contributed by atoms with E-state index < -0.39 is 8.32 Å². The molecule has 2 unspecified atom stereocenters. The van der Waals surface area contributed by atoms with Crippen molar-refractivity contribution in [3.63, 3.8) is 0 Å². The van der Waals surface area contributed by atoms with Crippen molar-refractivity contribution in [3.8, 4) is 0 Å². The quantitative estimate of drug-likeness (QED) is 0.628. The molecule has 0 fully saturated rings. The molecule has 5 heteroatoms. The summed E-state index contributed by atoms with van der Waals surface area (Å²) >= 11 is 0. The van der Waals surface area contributed by atoms with Crippen LogP contribution in [0.4, 0.5) is 0 Å². The van der Waals surface area contributed by atoms with Gasteiger partial charge in [0.05, 0.1) is 18.1 Å². The highest BCUT2D eigenvalue weighted by Gasteiger charge is 2.32. The Morgan fingerprint density at radius 1 is 1.24 bits per heavy atom. The van der Waals surface area contributed by atoms with Gasteiger partial charge in [-0.2, -0.15) is 0 Å². The summed E-state index contributed by atoms with van der Waals surface area (Å²) in [6.07, 6.45) is 7.19. The highest BCUT2D eigenvalue weighted by molar-refractivity contribution is 6.69. The van der Waals surface area contributed by atoms with E-state index in [1.165, 1.54) is 0 Å². The van der Waals surface area contributed by atoms with Gasteiger partial charge in [-0.3, -0.25) is 0 Å². The van der Waals surface area contributed by atoms with Crippen LogP contribution in [0.1, 0.15) is 43.8 Å². The highest BCUT2D eigenvalue weighted by atomic mass is 28.4. The van der Waals surface area contributed by atoms with E-state index in [0.717, 1.165) is 55.7 Å². The van der Waals surface area contributed by atoms with Crippen molar-refractivity contribution in [2.45, 2.75) is 64.0 Å². The third kappa shape index (κ3) is 5.44. The summed E-state index contributed by atoms with van der Waals surface area (Å²) in [5.74, 6) is 1.11. The van der Waals surface area contributed by atoms with Crippen LogP contribution >= 0.6 is 0 Å². The van der Waals surface area contributed by atoms with Crippen LogP contribution in [0.25, 0.3) is 0 Å². The zero-order valence-corrected chi connectivity index (χ0v) is 16.5. The number of benzene rings is 1. The van der Waals surface area contributed by atoms with E-state index in [-0.39, 0.29) is 12.2 Å². The zero-order chi connectivity index (χ0) is 17.7. The minimum Gasteiger partial charge on any atom is -0.498 e. The Kier molecular flexibility index (Phi) is 5.96. The first-order chi connectivity index (χ1) is 12.0. The van der Waals surface area contributed by atoms with Gasteiger partial charge in [0.1, 0.15) is 12.2 Å². The van der Waals surface area contributed by atoms with Crippen LogP contribution in [0.15, 0.2) is 47.3 Å². The third-order valence-corrected chi connectivity index (χ3v) is 5.30. The normalized spacial score (nSPS) is 21.8. The summed E-state index contributed by atoms with van der Waals surface area (Å²) in [6, 6.07) is 10.4. The number of nitrogens with zero attached hydrogens (tertiary/aromatic N) is 1. The smallest absolute Gasteiger partial charge is 0.185 e. The Morgan fingerprint density at radius 2 is 2.04 bits per heavy atom. The Hall–Kier alpha value is -1.59. The summed E-state index contributed by atoms with van der Waals surface area (Å²) < 4.78 is 12.1. The van der Waals surface area contributed by atoms with Gasteiger partial charge in [-0.25, -0.2) is 0 Å². The second-order valence-electron chi connectivity index (χ2n) is 7.73. The lowest BCUT2D eigenvalue weighted by molar-refractivity contribution is 0.0733. The van der Waals surface area contributed by atoms with E-state index in [2.05, 4.69) is 55.1 Å². The molecule has 0 bridgehead atoms. The van der Waals surface area contributed by atoms with Crippen molar-refractivity contribution in [2.75, 3.05) is 6.61 Å². The van der Waals surface area contributed by atoms with Gasteiger partial charge in [0, 0.05) is 12.8 Å². The van der Waals surface area contributed by atoms with E-state index in [1.807, 2.05) is 6.07 Å². The molecule has 1 aromatic rings. The molecule has 2 aliphatic rings. The van der Waals surface area contributed by atoms with Gasteiger partial charge in [-0.1, -0.05) is 35.5 Å². The van der Waals surface area contributed by atoms with Crippen molar-refractivity contribution in [3.05, 3.63) is 47.7 Å². The van der Waals surface area contributed by atoms with Gasteiger partial charge in [0.15, 0.2) is 8.32 Å². The monoisotopic (exact) mass is 359 g/mol. The topological polar surface area (TPSA) is 40.0 Å². The molecule has 0 aromatic heterocycles. The molecule has 2 atom stereocenters. The van der Waals surface area contributed by atoms with Gasteiger partial charge in [0.2, 0.25) is 0 Å². The van der Waals surface area contributed by atoms with Crippen LogP contribution in [0.3, 0.4) is 0 Å². The van der Waals surface area contributed by atoms with Gasteiger partial charge in [-0.05, 0) is 50.5 Å². The molecule has 0 saturated heterocycles. The van der Waals surface area contributed by atoms with Gasteiger partial charge in [0.25, 0.3) is 0 Å². The zero-order valence-electron chi connectivity index (χ0n) is 15.5. The SMILES string of the molecule is C[Si](C)(C)OC(C1=NOC(CCC2=CCCCO2)C1)c1ccccc1. The molecule has 1 aromatic carbocycles. The van der Waals surface area contributed by atoms with Crippen molar-refractivity contribution < 1.29 is 14.0 Å². The number of hydrogen-bond donors (Lipinski definition) is 0. The van der Waals surface area contributed by atoms with Crippen LogP contribution in [0, 0.1) is 0 Å². The standard InChI is InChI=1S/C20H29NO3Si/c1-25(2,3)24-20(16-9-5-4-6-10-16)19-15-18(23-21-19)13-12-17-11-7-8-14-22-17/h4-6,9-11,18,20H,7-8,12-15H2,1-3H3. The molecule has 2 aliphatic heterocycles. The lowest BCUT2D eigenvalue weighted by Crippen LogP contribution is -2.31. The van der Waals surface area contributed by atoms with Crippen molar-refractivity contribution in [1.82, 2.24) is 0 Å². The van der Waals surface area contributed by atoms with Crippen molar-refractivity contribution in [1.29, 1.82) is 0 Å². The summed E-state index contributed by atoms with van der Waals surface area (Å²) in [5.41, 5.74) is 2.17. The van der Waals surface area contributed by atoms with Gasteiger partial charge >= 0.3 is 0 Å². The third-order valence-electron chi connectivity index (χ3n) is 4.35. The number of oxime groups is 1. The molecule has 0 aliphatic carbocycles. The number of ether oxygens (including phenoxy) is 1. The first-order valence-corrected chi connectivity index (χ1v) is 12.7. The number of hydrogen-bond acceptors (Lipinski definition) is 4. The summed E-state index contributed by atoms with van der Waals surface area (Å²) in [4.78, 5) is 5.71. The van der Waals surface area contributed by atoms with Crippen LogP contribution < -0.4 is 0 Å². The Bertz CT molecular complexity index is 622. The lowest BCUT2D eigenvalue weighted by atomic mass is 9.99. The Labute approximate surface area is 152 Å². The van der Waals surface area contributed by atoms with Crippen LogP contribution in [-0.4, -0.2) is 26.7 Å². The average Bonchev–Trinajstić information content (AvgIpc) is 3.08. The second kappa shape index (κ2) is 8.19. The van der Waals surface area contributed by atoms with Gasteiger partial charge < -0.3 is 14.0 Å². The van der Waals surface area contributed by atoms with E-state index in [1.54, 1.807) is 0 Å². The predicted octanol–water partition coefficient (Wildman–Crippen LogP) is 5.20. The van der Waals surface area contributed by atoms with E-state index >= 15 is 0 Å². The van der Waals surface area contributed by atoms with E-state index in [9.17, 15) is 0 Å².